The van der Waals surface area contributed by atoms with Gasteiger partial charge in [0, 0.05) is 31.6 Å². The smallest absolute Gasteiger partial charge is 0.221 e. The Morgan fingerprint density at radius 1 is 1.20 bits per heavy atom. The Bertz CT molecular complexity index is 691. The lowest BCUT2D eigenvalue weighted by Crippen LogP contribution is -2.39. The van der Waals surface area contributed by atoms with Crippen LogP contribution in [0.4, 0.5) is 0 Å². The molecule has 1 aliphatic rings. The number of fused-ring (bicyclic) bond motifs is 1. The summed E-state index contributed by atoms with van der Waals surface area (Å²) in [6.45, 7) is 6.93. The molecule has 6 heteroatoms. The molecule has 1 N–H and O–H groups in total. The number of ether oxygens (including phenoxy) is 2. The van der Waals surface area contributed by atoms with E-state index in [1.165, 1.54) is 5.56 Å². The van der Waals surface area contributed by atoms with Crippen molar-refractivity contribution in [2.75, 3.05) is 26.3 Å². The predicted molar refractivity (Wildman–Crippen MR) is 94.9 cm³/mol. The van der Waals surface area contributed by atoms with Crippen molar-refractivity contribution >= 4 is 0 Å². The van der Waals surface area contributed by atoms with E-state index in [0.717, 1.165) is 30.0 Å². The van der Waals surface area contributed by atoms with Crippen LogP contribution in [0.25, 0.3) is 0 Å². The van der Waals surface area contributed by atoms with Crippen LogP contribution in [0.3, 0.4) is 0 Å². The van der Waals surface area contributed by atoms with Crippen molar-refractivity contribution in [1.29, 1.82) is 0 Å². The zero-order valence-electron chi connectivity index (χ0n) is 14.8. The summed E-state index contributed by atoms with van der Waals surface area (Å²) in [5.41, 5.74) is 3.26. The van der Waals surface area contributed by atoms with Gasteiger partial charge in [0.1, 0.15) is 24.8 Å². The molecule has 0 saturated carbocycles. The monoisotopic (exact) mass is 343 g/mol. The van der Waals surface area contributed by atoms with E-state index in [4.69, 9.17) is 9.47 Å². The van der Waals surface area contributed by atoms with Crippen molar-refractivity contribution in [1.82, 2.24) is 14.9 Å². The molecule has 2 aromatic rings. The topological polar surface area (TPSA) is 67.7 Å². The average Bonchev–Trinajstić information content (AvgIpc) is 2.62. The molecule has 0 amide bonds. The summed E-state index contributed by atoms with van der Waals surface area (Å²) in [4.78, 5) is 10.8. The van der Waals surface area contributed by atoms with Crippen LogP contribution >= 0.6 is 0 Å². The third-order valence-corrected chi connectivity index (χ3v) is 4.25. The lowest BCUT2D eigenvalue weighted by molar-refractivity contribution is 0.0629. The second-order valence-electron chi connectivity index (χ2n) is 6.30. The Labute approximate surface area is 148 Å². The van der Waals surface area contributed by atoms with Crippen molar-refractivity contribution < 1.29 is 14.6 Å². The quantitative estimate of drug-likeness (QED) is 0.829. The third kappa shape index (κ3) is 4.67. The van der Waals surface area contributed by atoms with Gasteiger partial charge in [-0.25, -0.2) is 9.97 Å². The number of aliphatic hydroxyl groups excluding tert-OH is 1. The number of rotatable bonds is 7. The minimum atomic E-state index is -0.553. The molecule has 3 rings (SSSR count). The van der Waals surface area contributed by atoms with E-state index in [2.05, 4.69) is 14.9 Å². The van der Waals surface area contributed by atoms with Gasteiger partial charge in [-0.05, 0) is 26.0 Å². The zero-order valence-corrected chi connectivity index (χ0v) is 14.8. The van der Waals surface area contributed by atoms with Gasteiger partial charge >= 0.3 is 0 Å². The van der Waals surface area contributed by atoms with Crippen LogP contribution in [0, 0.1) is 6.92 Å². The van der Waals surface area contributed by atoms with Crippen LogP contribution in [0.1, 0.15) is 23.7 Å². The van der Waals surface area contributed by atoms with Gasteiger partial charge in [0.15, 0.2) is 0 Å². The second kappa shape index (κ2) is 8.27. The van der Waals surface area contributed by atoms with Gasteiger partial charge in [-0.2, -0.15) is 0 Å². The van der Waals surface area contributed by atoms with Crippen molar-refractivity contribution in [2.45, 2.75) is 32.9 Å². The molecule has 1 aliphatic heterocycles. The molecule has 2 heterocycles. The van der Waals surface area contributed by atoms with Gasteiger partial charge in [0.2, 0.25) is 5.88 Å². The summed E-state index contributed by atoms with van der Waals surface area (Å²) in [5, 5.41) is 10.3. The number of hydrogen-bond donors (Lipinski definition) is 1. The van der Waals surface area contributed by atoms with E-state index in [9.17, 15) is 5.11 Å². The highest BCUT2D eigenvalue weighted by Crippen LogP contribution is 2.24. The first-order chi connectivity index (χ1) is 12.2. The first-order valence-electron chi connectivity index (χ1n) is 8.71. The Kier molecular flexibility index (Phi) is 5.83. The summed E-state index contributed by atoms with van der Waals surface area (Å²) in [5.74, 6) is 1.43. The molecule has 1 atom stereocenters. The van der Waals surface area contributed by atoms with Crippen LogP contribution in [0.15, 0.2) is 30.6 Å². The van der Waals surface area contributed by atoms with Crippen molar-refractivity contribution in [2.24, 2.45) is 0 Å². The fourth-order valence-corrected chi connectivity index (χ4v) is 2.97. The van der Waals surface area contributed by atoms with E-state index in [1.807, 2.05) is 38.1 Å². The highest BCUT2D eigenvalue weighted by atomic mass is 16.5. The van der Waals surface area contributed by atoms with Gasteiger partial charge in [-0.15, -0.1) is 0 Å². The number of aliphatic hydroxyl groups is 1. The molecular weight excluding hydrogens is 318 g/mol. The van der Waals surface area contributed by atoms with Gasteiger partial charge in [0.25, 0.3) is 0 Å². The van der Waals surface area contributed by atoms with Crippen LogP contribution in [-0.4, -0.2) is 52.4 Å². The molecule has 0 radical (unpaired) electrons. The first kappa shape index (κ1) is 17.6. The minimum absolute atomic E-state index is 0.274. The Morgan fingerprint density at radius 3 is 2.76 bits per heavy atom. The summed E-state index contributed by atoms with van der Waals surface area (Å²) in [6.07, 6.45) is 1.84. The maximum absolute atomic E-state index is 10.3. The third-order valence-electron chi connectivity index (χ3n) is 4.25. The van der Waals surface area contributed by atoms with E-state index >= 15 is 0 Å². The van der Waals surface area contributed by atoms with Crippen LogP contribution in [0.2, 0.25) is 0 Å². The Balaban J connectivity index is 1.54. The van der Waals surface area contributed by atoms with E-state index in [0.29, 0.717) is 25.6 Å². The maximum Gasteiger partial charge on any atom is 0.221 e. The summed E-state index contributed by atoms with van der Waals surface area (Å²) >= 11 is 0. The minimum Gasteiger partial charge on any atom is -0.491 e. The number of aryl methyl sites for hydroxylation is 1. The van der Waals surface area contributed by atoms with Crippen molar-refractivity contribution in [3.05, 3.63) is 47.4 Å². The summed E-state index contributed by atoms with van der Waals surface area (Å²) < 4.78 is 11.3. The number of hydrogen-bond acceptors (Lipinski definition) is 6. The number of aromatic nitrogens is 2. The van der Waals surface area contributed by atoms with Gasteiger partial charge in [-0.3, -0.25) is 4.90 Å². The molecule has 1 unspecified atom stereocenters. The van der Waals surface area contributed by atoms with E-state index < -0.39 is 6.10 Å². The molecule has 0 fully saturated rings. The first-order valence-corrected chi connectivity index (χ1v) is 8.71. The normalized spacial score (nSPS) is 15.5. The number of benzene rings is 1. The molecule has 1 aromatic carbocycles. The summed E-state index contributed by atoms with van der Waals surface area (Å²) in [7, 11) is 0. The molecule has 0 bridgehead atoms. The summed E-state index contributed by atoms with van der Waals surface area (Å²) in [6, 6.07) is 7.84. The molecular formula is C19H25N3O3. The highest BCUT2D eigenvalue weighted by molar-refractivity contribution is 5.31. The molecule has 6 nitrogen and oxygen atoms in total. The molecule has 0 aliphatic carbocycles. The van der Waals surface area contributed by atoms with Crippen LogP contribution in [0.5, 0.6) is 11.6 Å². The second-order valence-corrected chi connectivity index (χ2v) is 6.30. The molecule has 25 heavy (non-hydrogen) atoms. The van der Waals surface area contributed by atoms with Crippen LogP contribution < -0.4 is 9.47 Å². The Morgan fingerprint density at radius 2 is 2.00 bits per heavy atom. The average molecular weight is 343 g/mol. The van der Waals surface area contributed by atoms with Gasteiger partial charge in [0.05, 0.1) is 12.3 Å². The highest BCUT2D eigenvalue weighted by Gasteiger charge is 2.23. The molecule has 134 valence electrons. The lowest BCUT2D eigenvalue weighted by Gasteiger charge is -2.30. The lowest BCUT2D eigenvalue weighted by atomic mass is 10.1. The van der Waals surface area contributed by atoms with Crippen molar-refractivity contribution in [3.63, 3.8) is 0 Å². The molecule has 1 aromatic heterocycles. The zero-order chi connectivity index (χ0) is 17.6. The standard InChI is InChI=1S/C19H25N3O3/c1-3-24-19-17-11-22(9-8-18(17)20-13-21-19)10-15(23)12-25-16-6-4-14(2)5-7-16/h4-7,13,15,23H,3,8-12H2,1-2H3. The maximum atomic E-state index is 10.3. The fraction of sp³-hybridized carbons (Fsp3) is 0.474. The predicted octanol–water partition coefficient (Wildman–Crippen LogP) is 1.98. The van der Waals surface area contributed by atoms with Gasteiger partial charge in [-0.1, -0.05) is 17.7 Å². The van der Waals surface area contributed by atoms with E-state index in [-0.39, 0.29) is 6.61 Å². The van der Waals surface area contributed by atoms with Gasteiger partial charge < -0.3 is 14.6 Å². The number of β-amino-alcohol motifs (C(OH)–C–C–N with tert-alkyl or cyclic N) is 1. The van der Waals surface area contributed by atoms with E-state index in [1.54, 1.807) is 6.33 Å². The largest absolute Gasteiger partial charge is 0.491 e. The Hall–Kier alpha value is -2.18. The molecule has 0 spiro atoms. The van der Waals surface area contributed by atoms with Crippen LogP contribution in [-0.2, 0) is 13.0 Å². The fourth-order valence-electron chi connectivity index (χ4n) is 2.97. The SMILES string of the molecule is CCOc1ncnc2c1CN(CC(O)COc1ccc(C)cc1)CC2. The number of nitrogens with zero attached hydrogens (tertiary/aromatic N) is 3. The molecule has 0 saturated heterocycles. The van der Waals surface area contributed by atoms with Crippen molar-refractivity contribution in [3.8, 4) is 11.6 Å².